The van der Waals surface area contributed by atoms with Crippen molar-refractivity contribution < 1.29 is 18.0 Å². The van der Waals surface area contributed by atoms with Crippen LogP contribution in [-0.2, 0) is 12.6 Å². The quantitative estimate of drug-likeness (QED) is 0.241. The predicted molar refractivity (Wildman–Crippen MR) is 108 cm³/mol. The minimum Gasteiger partial charge on any atom is -0.298 e. The van der Waals surface area contributed by atoms with E-state index in [1.54, 1.807) is 10.7 Å². The number of carbonyl (C=O) groups is 1. The van der Waals surface area contributed by atoms with Crippen molar-refractivity contribution in [1.29, 1.82) is 0 Å². The van der Waals surface area contributed by atoms with Crippen molar-refractivity contribution in [2.24, 2.45) is 5.41 Å². The van der Waals surface area contributed by atoms with Crippen LogP contribution in [0.4, 0.5) is 13.2 Å². The van der Waals surface area contributed by atoms with E-state index in [0.717, 1.165) is 23.2 Å². The number of imidazole rings is 1. The highest BCUT2D eigenvalue weighted by molar-refractivity contribution is 6.28. The molecule has 0 saturated heterocycles. The molecule has 4 nitrogen and oxygen atoms in total. The molecule has 0 aliphatic heterocycles. The third-order valence-electron chi connectivity index (χ3n) is 6.15. The number of carbonyl (C=O) groups excluding carboxylic acids is 1. The van der Waals surface area contributed by atoms with Gasteiger partial charge in [0.15, 0.2) is 5.78 Å². The number of rotatable bonds is 0. The minimum atomic E-state index is -4.48. The summed E-state index contributed by atoms with van der Waals surface area (Å²) in [4.78, 5) is 22.4. The Balaban J connectivity index is 1.91. The highest BCUT2D eigenvalue weighted by atomic mass is 19.4. The van der Waals surface area contributed by atoms with E-state index in [1.165, 1.54) is 6.07 Å². The van der Waals surface area contributed by atoms with Gasteiger partial charge in [-0.25, -0.2) is 4.98 Å². The maximum absolute atomic E-state index is 13.5. The maximum atomic E-state index is 13.5. The number of ketones is 1. The summed E-state index contributed by atoms with van der Waals surface area (Å²) in [6.45, 7) is 4.03. The first-order valence-electron chi connectivity index (χ1n) is 9.72. The molecule has 1 aliphatic rings. The molecule has 0 amide bonds. The molecule has 2 aromatic carbocycles. The van der Waals surface area contributed by atoms with Gasteiger partial charge in [-0.2, -0.15) is 13.2 Å². The molecular formula is C23H16F3N3O. The molecule has 3 heterocycles. The standard InChI is InChI=1S/C23H16F3N3O/c1-22(2)8-15-19(17(30)9-22)18-12-7-11(23(24,25)26)3-6-16(12)29-10-27-14-5-4-13(28-15)20(18)21(14)29/h3-7,10H,8-9H2,1-2H3. The number of nitrogens with zero attached hydrogens (tertiary/aromatic N) is 3. The lowest BCUT2D eigenvalue weighted by molar-refractivity contribution is -0.137. The molecule has 0 fully saturated rings. The van der Waals surface area contributed by atoms with Crippen LogP contribution in [0.5, 0.6) is 0 Å². The molecule has 6 rings (SSSR count). The van der Waals surface area contributed by atoms with Crippen LogP contribution in [0.1, 0.15) is 41.9 Å². The number of aromatic nitrogens is 3. The molecule has 7 heteroatoms. The molecule has 0 atom stereocenters. The lowest BCUT2D eigenvalue weighted by Gasteiger charge is -2.30. The molecule has 150 valence electrons. The minimum absolute atomic E-state index is 0.0704. The molecule has 0 saturated carbocycles. The topological polar surface area (TPSA) is 47.3 Å². The second-order valence-electron chi connectivity index (χ2n) is 8.92. The van der Waals surface area contributed by atoms with Crippen LogP contribution in [0.15, 0.2) is 36.7 Å². The van der Waals surface area contributed by atoms with Gasteiger partial charge in [-0.1, -0.05) is 13.8 Å². The summed E-state index contributed by atoms with van der Waals surface area (Å²) < 4.78 is 42.4. The summed E-state index contributed by atoms with van der Waals surface area (Å²) >= 11 is 0. The molecule has 0 unspecified atom stereocenters. The lowest BCUT2D eigenvalue weighted by Crippen LogP contribution is -2.28. The van der Waals surface area contributed by atoms with Crippen molar-refractivity contribution in [3.8, 4) is 0 Å². The normalized spacial score (nSPS) is 16.9. The number of benzene rings is 2. The van der Waals surface area contributed by atoms with E-state index in [2.05, 4.69) is 4.98 Å². The number of halogens is 3. The number of hydrogen-bond acceptors (Lipinski definition) is 3. The summed E-state index contributed by atoms with van der Waals surface area (Å²) in [5.74, 6) is -0.0704. The summed E-state index contributed by atoms with van der Waals surface area (Å²) in [6, 6.07) is 7.39. The van der Waals surface area contributed by atoms with Crippen LogP contribution >= 0.6 is 0 Å². The number of pyridine rings is 2. The zero-order valence-corrected chi connectivity index (χ0v) is 16.3. The fraction of sp³-hybridized carbons (Fsp3) is 0.261. The highest BCUT2D eigenvalue weighted by Crippen LogP contribution is 2.44. The zero-order valence-electron chi connectivity index (χ0n) is 16.3. The van der Waals surface area contributed by atoms with E-state index in [-0.39, 0.29) is 11.2 Å². The van der Waals surface area contributed by atoms with Crippen LogP contribution in [0.25, 0.3) is 38.2 Å². The van der Waals surface area contributed by atoms with Crippen LogP contribution in [-0.4, -0.2) is 20.2 Å². The molecule has 30 heavy (non-hydrogen) atoms. The fourth-order valence-corrected chi connectivity index (χ4v) is 4.95. The second-order valence-corrected chi connectivity index (χ2v) is 8.92. The third-order valence-corrected chi connectivity index (χ3v) is 6.15. The predicted octanol–water partition coefficient (Wildman–Crippen LogP) is 5.80. The summed E-state index contributed by atoms with van der Waals surface area (Å²) in [7, 11) is 0. The van der Waals surface area contributed by atoms with E-state index in [4.69, 9.17) is 4.98 Å². The monoisotopic (exact) mass is 407 g/mol. The Morgan fingerprint density at radius 1 is 1.03 bits per heavy atom. The van der Waals surface area contributed by atoms with Crippen molar-refractivity contribution in [3.05, 3.63) is 53.5 Å². The molecule has 0 N–H and O–H groups in total. The molecule has 0 spiro atoms. The first kappa shape index (κ1) is 17.6. The number of alkyl halides is 3. The van der Waals surface area contributed by atoms with Crippen molar-refractivity contribution in [1.82, 2.24) is 14.4 Å². The Bertz CT molecular complexity index is 1530. The molecule has 0 radical (unpaired) electrons. The Morgan fingerprint density at radius 2 is 1.80 bits per heavy atom. The third kappa shape index (κ3) is 2.20. The van der Waals surface area contributed by atoms with Gasteiger partial charge in [0.05, 0.1) is 33.3 Å². The van der Waals surface area contributed by atoms with Gasteiger partial charge in [-0.05, 0) is 42.2 Å². The van der Waals surface area contributed by atoms with Gasteiger partial charge in [-0.15, -0.1) is 0 Å². The van der Waals surface area contributed by atoms with Crippen LogP contribution in [0.3, 0.4) is 0 Å². The van der Waals surface area contributed by atoms with E-state index >= 15 is 0 Å². The number of Topliss-reactive ketones (excluding diaryl/α,β-unsaturated/α-hetero) is 1. The number of hydrogen-bond donors (Lipinski definition) is 0. The van der Waals surface area contributed by atoms with E-state index in [9.17, 15) is 18.0 Å². The Morgan fingerprint density at radius 3 is 2.57 bits per heavy atom. The zero-order chi connectivity index (χ0) is 21.0. The summed E-state index contributed by atoms with van der Waals surface area (Å²) in [5, 5.41) is 1.67. The SMILES string of the molecule is CC1(C)CC(=O)c2c(nc3ccc4ncn5c6ccc(C(F)(F)F)cc6c2c3c45)C1. The molecule has 0 bridgehead atoms. The van der Waals surface area contributed by atoms with Gasteiger partial charge in [0.1, 0.15) is 6.33 Å². The van der Waals surface area contributed by atoms with E-state index in [1.807, 2.05) is 26.0 Å². The smallest absolute Gasteiger partial charge is 0.298 e. The average Bonchev–Trinajstić information content (AvgIpc) is 3.09. The maximum Gasteiger partial charge on any atom is 0.416 e. The van der Waals surface area contributed by atoms with Crippen LogP contribution in [0, 0.1) is 5.41 Å². The van der Waals surface area contributed by atoms with Gasteiger partial charge >= 0.3 is 6.18 Å². The molecule has 3 aromatic heterocycles. The Kier molecular flexibility index (Phi) is 3.10. The van der Waals surface area contributed by atoms with Crippen molar-refractivity contribution in [2.75, 3.05) is 0 Å². The Labute approximate surface area is 168 Å². The number of fused-ring (bicyclic) bond motifs is 5. The van der Waals surface area contributed by atoms with Gasteiger partial charge in [0.2, 0.25) is 0 Å². The van der Waals surface area contributed by atoms with Crippen molar-refractivity contribution >= 4 is 44.0 Å². The second kappa shape index (κ2) is 5.28. The van der Waals surface area contributed by atoms with E-state index in [0.29, 0.717) is 51.3 Å². The fourth-order valence-electron chi connectivity index (χ4n) is 4.95. The van der Waals surface area contributed by atoms with Crippen LogP contribution < -0.4 is 0 Å². The Hall–Kier alpha value is -3.22. The van der Waals surface area contributed by atoms with Gasteiger partial charge in [-0.3, -0.25) is 14.2 Å². The van der Waals surface area contributed by atoms with Gasteiger partial charge < -0.3 is 0 Å². The van der Waals surface area contributed by atoms with Gasteiger partial charge in [0, 0.05) is 28.1 Å². The summed E-state index contributed by atoms with van der Waals surface area (Å²) in [6.07, 6.45) is -1.93. The molecule has 5 aromatic rings. The molecule has 1 aliphatic carbocycles. The van der Waals surface area contributed by atoms with Crippen LogP contribution in [0.2, 0.25) is 0 Å². The molecular weight excluding hydrogens is 391 g/mol. The average molecular weight is 407 g/mol. The highest BCUT2D eigenvalue weighted by Gasteiger charge is 2.36. The summed E-state index contributed by atoms with van der Waals surface area (Å²) in [5.41, 5.74) is 2.91. The van der Waals surface area contributed by atoms with E-state index < -0.39 is 11.7 Å². The van der Waals surface area contributed by atoms with Crippen molar-refractivity contribution in [2.45, 2.75) is 32.9 Å². The van der Waals surface area contributed by atoms with Crippen molar-refractivity contribution in [3.63, 3.8) is 0 Å². The largest absolute Gasteiger partial charge is 0.416 e. The first-order valence-corrected chi connectivity index (χ1v) is 9.72. The van der Waals surface area contributed by atoms with Gasteiger partial charge in [0.25, 0.3) is 0 Å². The lowest BCUT2D eigenvalue weighted by atomic mass is 9.74. The first-order chi connectivity index (χ1) is 14.1.